The molecule has 0 aliphatic carbocycles. The molecule has 2 aromatic rings. The molecule has 0 atom stereocenters. The molecule has 0 aliphatic heterocycles. The molecule has 1 aromatic carbocycles. The first-order valence-electron chi connectivity index (χ1n) is 6.93. The van der Waals surface area contributed by atoms with Crippen molar-refractivity contribution < 1.29 is 18.0 Å². The lowest BCUT2D eigenvalue weighted by atomic mass is 10.2. The third-order valence-electron chi connectivity index (χ3n) is 3.37. The number of hydrogen-bond acceptors (Lipinski definition) is 2. The predicted molar refractivity (Wildman–Crippen MR) is 83.6 cm³/mol. The summed E-state index contributed by atoms with van der Waals surface area (Å²) >= 11 is 5.86. The van der Waals surface area contributed by atoms with Gasteiger partial charge >= 0.3 is 6.18 Å². The molecule has 0 saturated heterocycles. The van der Waals surface area contributed by atoms with Gasteiger partial charge in [-0.2, -0.15) is 13.2 Å². The van der Waals surface area contributed by atoms with Crippen LogP contribution in [0.4, 0.5) is 13.2 Å². The SMILES string of the molecule is CN(Cc1cccc(Cl)c1)C(=O)Cn1cccc(C(F)(F)F)c1=O. The number of amides is 1. The smallest absolute Gasteiger partial charge is 0.340 e. The van der Waals surface area contributed by atoms with E-state index in [1.165, 1.54) is 11.9 Å². The van der Waals surface area contributed by atoms with Crippen molar-refractivity contribution in [2.24, 2.45) is 0 Å². The van der Waals surface area contributed by atoms with Crippen LogP contribution in [0.3, 0.4) is 0 Å². The minimum Gasteiger partial charge on any atom is -0.340 e. The highest BCUT2D eigenvalue weighted by Crippen LogP contribution is 2.26. The van der Waals surface area contributed by atoms with E-state index in [0.29, 0.717) is 11.1 Å². The van der Waals surface area contributed by atoms with Gasteiger partial charge in [0.25, 0.3) is 5.56 Å². The Balaban J connectivity index is 2.13. The molecule has 4 nitrogen and oxygen atoms in total. The molecule has 0 spiro atoms. The number of aromatic nitrogens is 1. The number of halogens is 4. The van der Waals surface area contributed by atoms with Crippen molar-refractivity contribution in [1.29, 1.82) is 0 Å². The highest BCUT2D eigenvalue weighted by Gasteiger charge is 2.34. The van der Waals surface area contributed by atoms with Gasteiger partial charge in [-0.1, -0.05) is 23.7 Å². The zero-order valence-electron chi connectivity index (χ0n) is 12.7. The molecule has 8 heteroatoms. The van der Waals surface area contributed by atoms with Gasteiger partial charge in [-0.15, -0.1) is 0 Å². The highest BCUT2D eigenvalue weighted by atomic mass is 35.5. The summed E-state index contributed by atoms with van der Waals surface area (Å²) in [5, 5.41) is 0.516. The van der Waals surface area contributed by atoms with E-state index in [9.17, 15) is 22.8 Å². The van der Waals surface area contributed by atoms with Crippen molar-refractivity contribution in [1.82, 2.24) is 9.47 Å². The standard InChI is InChI=1S/C16H14ClF3N2O2/c1-21(9-11-4-2-5-12(17)8-11)14(23)10-22-7-3-6-13(15(22)24)16(18,19)20/h2-8H,9-10H2,1H3. The van der Waals surface area contributed by atoms with E-state index < -0.39 is 29.8 Å². The van der Waals surface area contributed by atoms with Gasteiger partial charge in [0.1, 0.15) is 12.1 Å². The van der Waals surface area contributed by atoms with Crippen molar-refractivity contribution in [3.63, 3.8) is 0 Å². The predicted octanol–water partition coefficient (Wildman–Crippen LogP) is 3.18. The normalized spacial score (nSPS) is 11.4. The van der Waals surface area contributed by atoms with E-state index in [4.69, 9.17) is 11.6 Å². The molecule has 1 amide bonds. The second kappa shape index (κ2) is 7.09. The topological polar surface area (TPSA) is 42.3 Å². The fourth-order valence-corrected chi connectivity index (χ4v) is 2.35. The van der Waals surface area contributed by atoms with E-state index >= 15 is 0 Å². The van der Waals surface area contributed by atoms with Crippen molar-refractivity contribution >= 4 is 17.5 Å². The quantitative estimate of drug-likeness (QED) is 0.842. The van der Waals surface area contributed by atoms with Crippen molar-refractivity contribution in [3.05, 3.63) is 69.1 Å². The zero-order chi connectivity index (χ0) is 17.9. The first-order valence-corrected chi connectivity index (χ1v) is 7.31. The third-order valence-corrected chi connectivity index (χ3v) is 3.60. The number of alkyl halides is 3. The molecular formula is C16H14ClF3N2O2. The summed E-state index contributed by atoms with van der Waals surface area (Å²) in [6, 6.07) is 8.66. The Kier molecular flexibility index (Phi) is 5.33. The molecule has 0 saturated carbocycles. The minimum atomic E-state index is -4.75. The molecule has 0 bridgehead atoms. The van der Waals surface area contributed by atoms with Crippen molar-refractivity contribution in [3.8, 4) is 0 Å². The Morgan fingerprint density at radius 2 is 1.96 bits per heavy atom. The summed E-state index contributed by atoms with van der Waals surface area (Å²) in [4.78, 5) is 25.3. The lowest BCUT2D eigenvalue weighted by Gasteiger charge is -2.18. The van der Waals surface area contributed by atoms with E-state index in [1.807, 2.05) is 0 Å². The average molecular weight is 359 g/mol. The number of benzene rings is 1. The first kappa shape index (κ1) is 18.1. The Bertz CT molecular complexity index is 802. The molecule has 0 unspecified atom stereocenters. The van der Waals surface area contributed by atoms with Gasteiger partial charge in [0.2, 0.25) is 5.91 Å². The zero-order valence-corrected chi connectivity index (χ0v) is 13.4. The number of carbonyl (C=O) groups excluding carboxylic acids is 1. The summed E-state index contributed by atoms with van der Waals surface area (Å²) in [7, 11) is 1.50. The highest BCUT2D eigenvalue weighted by molar-refractivity contribution is 6.30. The van der Waals surface area contributed by atoms with Crippen molar-refractivity contribution in [2.45, 2.75) is 19.3 Å². The summed E-state index contributed by atoms with van der Waals surface area (Å²) < 4.78 is 38.9. The van der Waals surface area contributed by atoms with Crippen LogP contribution in [-0.4, -0.2) is 22.4 Å². The second-order valence-corrected chi connectivity index (χ2v) is 5.67. The Morgan fingerprint density at radius 3 is 2.58 bits per heavy atom. The fourth-order valence-electron chi connectivity index (χ4n) is 2.14. The molecular weight excluding hydrogens is 345 g/mol. The maximum absolute atomic E-state index is 12.7. The molecule has 0 aliphatic rings. The Morgan fingerprint density at radius 1 is 1.25 bits per heavy atom. The van der Waals surface area contributed by atoms with Crippen LogP contribution in [-0.2, 0) is 24.1 Å². The monoisotopic (exact) mass is 358 g/mol. The maximum atomic E-state index is 12.7. The second-order valence-electron chi connectivity index (χ2n) is 5.23. The number of carbonyl (C=O) groups is 1. The van der Waals surface area contributed by atoms with Crippen LogP contribution >= 0.6 is 11.6 Å². The first-order chi connectivity index (χ1) is 11.2. The third kappa shape index (κ3) is 4.38. The number of pyridine rings is 1. The largest absolute Gasteiger partial charge is 0.421 e. The summed E-state index contributed by atoms with van der Waals surface area (Å²) in [6.07, 6.45) is -3.60. The van der Waals surface area contributed by atoms with Crippen LogP contribution in [0.25, 0.3) is 0 Å². The molecule has 0 radical (unpaired) electrons. The minimum absolute atomic E-state index is 0.229. The number of rotatable bonds is 4. The van der Waals surface area contributed by atoms with Gasteiger partial charge in [-0.3, -0.25) is 9.59 Å². The Labute approximate surface area is 141 Å². The summed E-state index contributed by atoms with van der Waals surface area (Å²) in [6.45, 7) is -0.243. The van der Waals surface area contributed by atoms with Gasteiger partial charge in [-0.05, 0) is 29.8 Å². The van der Waals surface area contributed by atoms with Crippen LogP contribution in [0.15, 0.2) is 47.4 Å². The maximum Gasteiger partial charge on any atom is 0.421 e. The van der Waals surface area contributed by atoms with Gasteiger partial charge in [0.05, 0.1) is 0 Å². The van der Waals surface area contributed by atoms with E-state index in [1.54, 1.807) is 24.3 Å². The molecule has 0 N–H and O–H groups in total. The van der Waals surface area contributed by atoms with Crippen LogP contribution < -0.4 is 5.56 Å². The Hall–Kier alpha value is -2.28. The molecule has 1 heterocycles. The molecule has 24 heavy (non-hydrogen) atoms. The lowest BCUT2D eigenvalue weighted by molar-refractivity contribution is -0.139. The van der Waals surface area contributed by atoms with Crippen molar-refractivity contribution in [2.75, 3.05) is 7.05 Å². The van der Waals surface area contributed by atoms with E-state index in [0.717, 1.165) is 22.4 Å². The molecule has 128 valence electrons. The molecule has 2 rings (SSSR count). The van der Waals surface area contributed by atoms with Crippen LogP contribution in [0.2, 0.25) is 5.02 Å². The van der Waals surface area contributed by atoms with Crippen LogP contribution in [0.1, 0.15) is 11.1 Å². The van der Waals surface area contributed by atoms with Gasteiger partial charge in [0.15, 0.2) is 0 Å². The summed E-state index contributed by atoms with van der Waals surface area (Å²) in [5.74, 6) is -0.489. The number of hydrogen-bond donors (Lipinski definition) is 0. The number of likely N-dealkylation sites (N-methyl/N-ethyl adjacent to an activating group) is 1. The fraction of sp³-hybridized carbons (Fsp3) is 0.250. The van der Waals surface area contributed by atoms with Crippen LogP contribution in [0.5, 0.6) is 0 Å². The molecule has 1 aromatic heterocycles. The van der Waals surface area contributed by atoms with E-state index in [2.05, 4.69) is 0 Å². The average Bonchev–Trinajstić information content (AvgIpc) is 2.48. The van der Waals surface area contributed by atoms with Gasteiger partial charge in [0, 0.05) is 24.8 Å². The van der Waals surface area contributed by atoms with Gasteiger partial charge in [-0.25, -0.2) is 0 Å². The summed E-state index contributed by atoms with van der Waals surface area (Å²) in [5.41, 5.74) is -1.76. The van der Waals surface area contributed by atoms with Gasteiger partial charge < -0.3 is 9.47 Å². The van der Waals surface area contributed by atoms with E-state index in [-0.39, 0.29) is 6.54 Å². The lowest BCUT2D eigenvalue weighted by Crippen LogP contribution is -2.35. The molecule has 0 fully saturated rings. The van der Waals surface area contributed by atoms with Crippen LogP contribution in [0, 0.1) is 0 Å². The number of nitrogens with zero attached hydrogens (tertiary/aromatic N) is 2.